The summed E-state index contributed by atoms with van der Waals surface area (Å²) in [5, 5.41) is 3.67. The molecule has 0 atom stereocenters. The first-order chi connectivity index (χ1) is 19.9. The molecule has 1 N–H and O–H groups in total. The van der Waals surface area contributed by atoms with E-state index in [4.69, 9.17) is 12.2 Å². The fraction of sp³-hybridized carbons (Fsp3) is 0.553. The third-order valence-corrected chi connectivity index (χ3v) is 10.3. The molecule has 0 radical (unpaired) electrons. The second kappa shape index (κ2) is 15.6. The van der Waals surface area contributed by atoms with Crippen LogP contribution in [0.15, 0.2) is 48.1 Å². The predicted molar refractivity (Wildman–Crippen MR) is 190 cm³/mol. The third-order valence-electron chi connectivity index (χ3n) is 8.77. The minimum atomic E-state index is -1.24. The monoisotopic (exact) mass is 607 g/mol. The largest absolute Gasteiger partial charge is 0.384 e. The van der Waals surface area contributed by atoms with Crippen molar-refractivity contribution in [3.63, 3.8) is 0 Å². The van der Waals surface area contributed by atoms with E-state index in [0.717, 1.165) is 55.5 Å². The van der Waals surface area contributed by atoms with E-state index >= 15 is 0 Å². The van der Waals surface area contributed by atoms with Gasteiger partial charge in [0.2, 0.25) is 0 Å². The lowest BCUT2D eigenvalue weighted by Crippen LogP contribution is -2.26. The van der Waals surface area contributed by atoms with Crippen LogP contribution in [-0.2, 0) is 11.8 Å². The quantitative estimate of drug-likeness (QED) is 0.191. The fourth-order valence-corrected chi connectivity index (χ4v) is 8.13. The molecular weight excluding hydrogens is 554 g/mol. The fourth-order valence-electron chi connectivity index (χ4n) is 6.74. The molecule has 0 amide bonds. The van der Waals surface area contributed by atoms with Gasteiger partial charge < -0.3 is 5.32 Å². The van der Waals surface area contributed by atoms with Crippen LogP contribution in [0, 0.1) is 13.8 Å². The second-order valence-electron chi connectivity index (χ2n) is 12.8. The lowest BCUT2D eigenvalue weighted by Gasteiger charge is -2.33. The van der Waals surface area contributed by atoms with Gasteiger partial charge in [-0.3, -0.25) is 0 Å². The molecule has 0 spiro atoms. The Hall–Kier alpha value is -2.04. The Morgan fingerprint density at radius 1 is 1.00 bits per heavy atom. The summed E-state index contributed by atoms with van der Waals surface area (Å²) in [6, 6.07) is 9.57. The SMILES string of the molecule is CC/C=C(/NCCC(C)=S)c1ccc(C(CCC)(CCC)CCc2cc(C)c(C3=CC=C(C(C)(C)F)CC3)c(C)c2)s1. The molecule has 1 nitrogen and oxygen atoms in total. The van der Waals surface area contributed by atoms with E-state index in [1.807, 2.05) is 24.3 Å². The first kappa shape index (κ1) is 34.5. The maximum atomic E-state index is 14.5. The molecule has 0 fully saturated rings. The lowest BCUT2D eigenvalue weighted by molar-refractivity contribution is 0.261. The first-order valence-electron chi connectivity index (χ1n) is 16.2. The van der Waals surface area contributed by atoms with E-state index in [1.54, 1.807) is 13.8 Å². The van der Waals surface area contributed by atoms with E-state index in [-0.39, 0.29) is 5.41 Å². The van der Waals surface area contributed by atoms with Crippen molar-refractivity contribution in [2.45, 2.75) is 131 Å². The van der Waals surface area contributed by atoms with Crippen molar-refractivity contribution in [3.05, 3.63) is 80.1 Å². The van der Waals surface area contributed by atoms with Crippen LogP contribution in [0.2, 0.25) is 0 Å². The normalized spacial score (nSPS) is 14.5. The van der Waals surface area contributed by atoms with E-state index in [2.05, 4.69) is 76.4 Å². The predicted octanol–water partition coefficient (Wildman–Crippen LogP) is 11.8. The molecule has 1 heterocycles. The van der Waals surface area contributed by atoms with E-state index in [9.17, 15) is 4.39 Å². The highest BCUT2D eigenvalue weighted by Gasteiger charge is 2.32. The Labute approximate surface area is 265 Å². The summed E-state index contributed by atoms with van der Waals surface area (Å²) in [7, 11) is 0. The summed E-state index contributed by atoms with van der Waals surface area (Å²) < 4.78 is 14.5. The zero-order chi connectivity index (χ0) is 30.9. The molecule has 4 heteroatoms. The van der Waals surface area contributed by atoms with Gasteiger partial charge in [0.15, 0.2) is 0 Å². The molecule has 230 valence electrons. The Bertz CT molecular complexity index is 1270. The number of hydrogen-bond acceptors (Lipinski definition) is 3. The Balaban J connectivity index is 1.86. The van der Waals surface area contributed by atoms with Crippen molar-refractivity contribution < 1.29 is 4.39 Å². The van der Waals surface area contributed by atoms with Gasteiger partial charge in [-0.1, -0.05) is 76.2 Å². The molecule has 0 saturated heterocycles. The summed E-state index contributed by atoms with van der Waals surface area (Å²) >= 11 is 7.30. The second-order valence-corrected chi connectivity index (χ2v) is 14.6. The maximum Gasteiger partial charge on any atom is 0.126 e. The van der Waals surface area contributed by atoms with Crippen molar-refractivity contribution in [1.29, 1.82) is 0 Å². The highest BCUT2D eigenvalue weighted by Crippen LogP contribution is 2.44. The van der Waals surface area contributed by atoms with Crippen LogP contribution in [0.25, 0.3) is 11.3 Å². The molecule has 3 rings (SSSR count). The van der Waals surface area contributed by atoms with Crippen LogP contribution in [-0.4, -0.2) is 17.1 Å². The lowest BCUT2D eigenvalue weighted by atomic mass is 9.73. The van der Waals surface area contributed by atoms with Crippen LogP contribution in [0.3, 0.4) is 0 Å². The Kier molecular flexibility index (Phi) is 12.8. The zero-order valence-corrected chi connectivity index (χ0v) is 29.1. The molecule has 0 unspecified atom stereocenters. The summed E-state index contributed by atoms with van der Waals surface area (Å²) in [4.78, 5) is 3.93. The number of benzene rings is 1. The van der Waals surface area contributed by atoms with Crippen LogP contribution in [0.1, 0.15) is 131 Å². The van der Waals surface area contributed by atoms with Crippen molar-refractivity contribution in [2.75, 3.05) is 6.54 Å². The molecular formula is C38H54FNS2. The molecule has 0 aliphatic heterocycles. The van der Waals surface area contributed by atoms with Gasteiger partial charge in [-0.05, 0) is 136 Å². The molecule has 1 aromatic heterocycles. The minimum absolute atomic E-state index is 0.196. The van der Waals surface area contributed by atoms with Crippen molar-refractivity contribution >= 4 is 39.7 Å². The Morgan fingerprint density at radius 3 is 2.19 bits per heavy atom. The van der Waals surface area contributed by atoms with E-state index in [0.29, 0.717) is 0 Å². The topological polar surface area (TPSA) is 12.0 Å². The van der Waals surface area contributed by atoms with Gasteiger partial charge in [0.1, 0.15) is 5.67 Å². The maximum absolute atomic E-state index is 14.5. The smallest absolute Gasteiger partial charge is 0.126 e. The Morgan fingerprint density at radius 2 is 1.67 bits per heavy atom. The average Bonchev–Trinajstić information content (AvgIpc) is 3.42. The molecule has 2 aromatic rings. The molecule has 0 saturated carbocycles. The number of alkyl halides is 1. The van der Waals surface area contributed by atoms with Gasteiger partial charge in [-0.15, -0.1) is 11.3 Å². The molecule has 1 aromatic carbocycles. The van der Waals surface area contributed by atoms with Gasteiger partial charge in [0, 0.05) is 22.5 Å². The standard InChI is InChI=1S/C38H54FNS2/c1-9-12-33(40-24-20-29(6)41)34-17-18-35(42-34)38(21-10-2,22-11-3)23-19-30-25-27(4)36(28(5)26-30)31-13-15-32(16-14-31)37(7,8)39/h12-13,15,17-18,25-26,40H,9-11,14,16,19-24H2,1-8H3/b33-12+. The number of aryl methyl sites for hydroxylation is 3. The zero-order valence-electron chi connectivity index (χ0n) is 27.5. The first-order valence-corrected chi connectivity index (χ1v) is 17.4. The highest BCUT2D eigenvalue weighted by atomic mass is 32.1. The number of nitrogens with one attached hydrogen (secondary N) is 1. The number of allylic oxidation sites excluding steroid dienone is 5. The van der Waals surface area contributed by atoms with Gasteiger partial charge in [-0.2, -0.15) is 0 Å². The number of thiophene rings is 1. The molecule has 42 heavy (non-hydrogen) atoms. The number of thiocarbonyl (C=S) groups is 1. The number of rotatable bonds is 16. The summed E-state index contributed by atoms with van der Waals surface area (Å²) in [5.41, 5.74) is 7.92. The minimum Gasteiger partial charge on any atom is -0.384 e. The van der Waals surface area contributed by atoms with Gasteiger partial charge in [0.25, 0.3) is 0 Å². The average molecular weight is 608 g/mol. The summed E-state index contributed by atoms with van der Waals surface area (Å²) in [6.45, 7) is 17.6. The van der Waals surface area contributed by atoms with Crippen LogP contribution in [0.5, 0.6) is 0 Å². The highest BCUT2D eigenvalue weighted by molar-refractivity contribution is 7.80. The van der Waals surface area contributed by atoms with E-state index < -0.39 is 5.67 Å². The number of halogens is 1. The van der Waals surface area contributed by atoms with Gasteiger partial charge >= 0.3 is 0 Å². The number of hydrogen-bond donors (Lipinski definition) is 1. The van der Waals surface area contributed by atoms with Gasteiger partial charge in [-0.25, -0.2) is 4.39 Å². The van der Waals surface area contributed by atoms with Crippen LogP contribution >= 0.6 is 23.6 Å². The molecule has 1 aliphatic rings. The summed E-state index contributed by atoms with van der Waals surface area (Å²) in [5.74, 6) is 0. The van der Waals surface area contributed by atoms with Gasteiger partial charge in [0.05, 0.1) is 4.88 Å². The van der Waals surface area contributed by atoms with E-state index in [1.165, 1.54) is 69.0 Å². The van der Waals surface area contributed by atoms with Crippen molar-refractivity contribution in [3.8, 4) is 0 Å². The third kappa shape index (κ3) is 8.99. The summed E-state index contributed by atoms with van der Waals surface area (Å²) in [6.07, 6.45) is 17.2. The molecule has 1 aliphatic carbocycles. The van der Waals surface area contributed by atoms with Crippen molar-refractivity contribution in [1.82, 2.24) is 5.32 Å². The van der Waals surface area contributed by atoms with Crippen LogP contribution < -0.4 is 5.32 Å². The van der Waals surface area contributed by atoms with Crippen molar-refractivity contribution in [2.24, 2.45) is 0 Å². The molecule has 0 bridgehead atoms. The van der Waals surface area contributed by atoms with Crippen LogP contribution in [0.4, 0.5) is 4.39 Å².